The number of anilines is 1. The van der Waals surface area contributed by atoms with Crippen molar-refractivity contribution in [3.05, 3.63) is 46.7 Å². The van der Waals surface area contributed by atoms with Gasteiger partial charge in [-0.05, 0) is 24.3 Å². The first-order valence-electron chi connectivity index (χ1n) is 7.52. The van der Waals surface area contributed by atoms with E-state index in [1.54, 1.807) is 0 Å². The van der Waals surface area contributed by atoms with Gasteiger partial charge in [-0.3, -0.25) is 9.48 Å². The Balaban J connectivity index is 2.12. The maximum atomic E-state index is 13.0. The van der Waals surface area contributed by atoms with E-state index in [9.17, 15) is 26.7 Å². The normalized spacial score (nSPS) is 11.9. The van der Waals surface area contributed by atoms with Crippen molar-refractivity contribution < 1.29 is 31.5 Å². The van der Waals surface area contributed by atoms with E-state index in [2.05, 4.69) is 20.1 Å². The molecule has 0 atom stereocenters. The summed E-state index contributed by atoms with van der Waals surface area (Å²) < 4.78 is 69.6. The van der Waals surface area contributed by atoms with Gasteiger partial charge in [-0.2, -0.15) is 27.1 Å². The lowest BCUT2D eigenvalue weighted by Crippen LogP contribution is -2.16. The molecule has 1 N–H and O–H groups in total. The average molecular weight is 421 g/mol. The van der Waals surface area contributed by atoms with Gasteiger partial charge in [0.1, 0.15) is 22.1 Å². The van der Waals surface area contributed by atoms with Crippen molar-refractivity contribution in [3.63, 3.8) is 0 Å². The Morgan fingerprint density at radius 3 is 2.54 bits per heavy atom. The molecule has 1 aromatic carbocycles. The standard InChI is InChI=1S/C16H10ClF5N4O2/c1-26-13(9(17)6-23-26)25-14(27)8-2-4-10(28-15(18)19)12-7(8)3-5-11(24-12)16(20,21)22/h2-6,15H,1H3,(H,25,27). The molecule has 0 unspecified atom stereocenters. The Bertz CT molecular complexity index is 1030. The molecule has 0 aliphatic heterocycles. The van der Waals surface area contributed by atoms with Gasteiger partial charge in [-0.25, -0.2) is 4.98 Å². The van der Waals surface area contributed by atoms with Crippen molar-refractivity contribution in [2.24, 2.45) is 7.05 Å². The quantitative estimate of drug-likeness (QED) is 0.631. The lowest BCUT2D eigenvalue weighted by atomic mass is 10.1. The number of halogens is 6. The molecule has 0 bridgehead atoms. The maximum Gasteiger partial charge on any atom is 0.433 e. The van der Waals surface area contributed by atoms with Crippen molar-refractivity contribution in [3.8, 4) is 5.75 Å². The van der Waals surface area contributed by atoms with E-state index in [-0.39, 0.29) is 21.8 Å². The van der Waals surface area contributed by atoms with Gasteiger partial charge < -0.3 is 10.1 Å². The van der Waals surface area contributed by atoms with Crippen LogP contribution in [0.15, 0.2) is 30.5 Å². The lowest BCUT2D eigenvalue weighted by Gasteiger charge is -2.14. The molecule has 0 radical (unpaired) electrons. The fraction of sp³-hybridized carbons (Fsp3) is 0.188. The summed E-state index contributed by atoms with van der Waals surface area (Å²) in [6, 6.07) is 3.68. The Morgan fingerprint density at radius 2 is 1.96 bits per heavy atom. The van der Waals surface area contributed by atoms with Crippen molar-refractivity contribution in [1.82, 2.24) is 14.8 Å². The monoisotopic (exact) mass is 420 g/mol. The molecule has 2 heterocycles. The first-order valence-corrected chi connectivity index (χ1v) is 7.90. The third-order valence-electron chi connectivity index (χ3n) is 3.70. The molecule has 2 aromatic heterocycles. The summed E-state index contributed by atoms with van der Waals surface area (Å²) in [6.07, 6.45) is -3.52. The predicted octanol–water partition coefficient (Wildman–Crippen LogP) is 4.49. The number of aromatic nitrogens is 3. The van der Waals surface area contributed by atoms with Gasteiger partial charge in [-0.1, -0.05) is 11.6 Å². The zero-order valence-electron chi connectivity index (χ0n) is 13.9. The molecule has 3 rings (SSSR count). The van der Waals surface area contributed by atoms with E-state index in [0.29, 0.717) is 6.07 Å². The second-order valence-corrected chi connectivity index (χ2v) is 5.91. The number of hydrogen-bond acceptors (Lipinski definition) is 4. The number of fused-ring (bicyclic) bond motifs is 1. The van der Waals surface area contributed by atoms with Crippen LogP contribution < -0.4 is 10.1 Å². The molecule has 0 fully saturated rings. The maximum absolute atomic E-state index is 13.0. The molecule has 3 aromatic rings. The summed E-state index contributed by atoms with van der Waals surface area (Å²) in [7, 11) is 1.51. The number of nitrogens with zero attached hydrogens (tertiary/aromatic N) is 3. The number of pyridine rings is 1. The molecule has 148 valence electrons. The first-order chi connectivity index (χ1) is 13.1. The minimum atomic E-state index is -4.81. The number of rotatable bonds is 4. The Hall–Kier alpha value is -2.95. The zero-order valence-corrected chi connectivity index (χ0v) is 14.6. The third-order valence-corrected chi connectivity index (χ3v) is 3.97. The summed E-state index contributed by atoms with van der Waals surface area (Å²) in [4.78, 5) is 16.0. The van der Waals surface area contributed by atoms with Gasteiger partial charge in [0.05, 0.1) is 6.20 Å². The van der Waals surface area contributed by atoms with E-state index in [0.717, 1.165) is 18.2 Å². The van der Waals surface area contributed by atoms with E-state index in [4.69, 9.17) is 11.6 Å². The summed E-state index contributed by atoms with van der Waals surface area (Å²) in [5.74, 6) is -1.19. The van der Waals surface area contributed by atoms with Crippen LogP contribution in [0.3, 0.4) is 0 Å². The number of hydrogen-bond donors (Lipinski definition) is 1. The fourth-order valence-corrected chi connectivity index (χ4v) is 2.68. The molecule has 1 amide bonds. The van der Waals surface area contributed by atoms with Crippen molar-refractivity contribution in [2.75, 3.05) is 5.32 Å². The highest BCUT2D eigenvalue weighted by Gasteiger charge is 2.33. The highest BCUT2D eigenvalue weighted by molar-refractivity contribution is 6.33. The van der Waals surface area contributed by atoms with Crippen molar-refractivity contribution in [2.45, 2.75) is 12.8 Å². The predicted molar refractivity (Wildman–Crippen MR) is 89.5 cm³/mol. The number of ether oxygens (including phenoxy) is 1. The van der Waals surface area contributed by atoms with E-state index in [1.165, 1.54) is 17.9 Å². The molecule has 0 saturated carbocycles. The van der Waals surface area contributed by atoms with Gasteiger partial charge in [0.2, 0.25) is 0 Å². The Labute approximate surface area is 158 Å². The van der Waals surface area contributed by atoms with Gasteiger partial charge in [0.25, 0.3) is 5.91 Å². The topological polar surface area (TPSA) is 69.0 Å². The van der Waals surface area contributed by atoms with Crippen molar-refractivity contribution >= 4 is 34.2 Å². The second-order valence-electron chi connectivity index (χ2n) is 5.50. The van der Waals surface area contributed by atoms with E-state index in [1.807, 2.05) is 0 Å². The van der Waals surface area contributed by atoms with Gasteiger partial charge >= 0.3 is 12.8 Å². The first kappa shape index (κ1) is 19.8. The van der Waals surface area contributed by atoms with Crippen LogP contribution in [-0.2, 0) is 13.2 Å². The Morgan fingerprint density at radius 1 is 1.25 bits per heavy atom. The number of aryl methyl sites for hydroxylation is 1. The average Bonchev–Trinajstić information content (AvgIpc) is 2.92. The van der Waals surface area contributed by atoms with Crippen LogP contribution in [0.5, 0.6) is 5.75 Å². The molecule has 0 aliphatic carbocycles. The SMILES string of the molecule is Cn1ncc(Cl)c1NC(=O)c1ccc(OC(F)F)c2nc(C(F)(F)F)ccc12. The highest BCUT2D eigenvalue weighted by atomic mass is 35.5. The van der Waals surface area contributed by atoms with Crippen LogP contribution in [0.4, 0.5) is 27.8 Å². The van der Waals surface area contributed by atoms with Crippen LogP contribution in [-0.4, -0.2) is 27.3 Å². The molecule has 0 aliphatic rings. The van der Waals surface area contributed by atoms with Crippen LogP contribution >= 0.6 is 11.6 Å². The zero-order chi connectivity index (χ0) is 20.6. The largest absolute Gasteiger partial charge is 0.433 e. The number of carbonyl (C=O) groups is 1. The number of carbonyl (C=O) groups excluding carboxylic acids is 1. The smallest absolute Gasteiger partial charge is 0.432 e. The molecular weight excluding hydrogens is 411 g/mol. The van der Waals surface area contributed by atoms with E-state index >= 15 is 0 Å². The minimum Gasteiger partial charge on any atom is -0.432 e. The van der Waals surface area contributed by atoms with Crippen molar-refractivity contribution in [1.29, 1.82) is 0 Å². The highest BCUT2D eigenvalue weighted by Crippen LogP contribution is 2.34. The van der Waals surface area contributed by atoms with E-state index < -0.39 is 35.7 Å². The Kier molecular flexibility index (Phi) is 5.11. The minimum absolute atomic E-state index is 0.109. The number of amides is 1. The van der Waals surface area contributed by atoms with Gasteiger partial charge in [-0.15, -0.1) is 0 Å². The number of nitrogens with one attached hydrogen (secondary N) is 1. The van der Waals surface area contributed by atoms with Crippen LogP contribution in [0.2, 0.25) is 5.02 Å². The molecule has 6 nitrogen and oxygen atoms in total. The van der Waals surface area contributed by atoms with Gasteiger partial charge in [0, 0.05) is 18.0 Å². The number of alkyl halides is 5. The summed E-state index contributed by atoms with van der Waals surface area (Å²) >= 11 is 5.91. The molecule has 28 heavy (non-hydrogen) atoms. The molecule has 0 saturated heterocycles. The second kappa shape index (κ2) is 7.23. The van der Waals surface area contributed by atoms with Crippen LogP contribution in [0, 0.1) is 0 Å². The van der Waals surface area contributed by atoms with Gasteiger partial charge in [0.15, 0.2) is 5.75 Å². The molecule has 12 heteroatoms. The van der Waals surface area contributed by atoms with Crippen LogP contribution in [0.1, 0.15) is 16.1 Å². The summed E-state index contributed by atoms with van der Waals surface area (Å²) in [6.45, 7) is -3.28. The number of benzene rings is 1. The molecule has 0 spiro atoms. The summed E-state index contributed by atoms with van der Waals surface area (Å²) in [5, 5.41) is 6.33. The molecular formula is C16H10ClF5N4O2. The lowest BCUT2D eigenvalue weighted by molar-refractivity contribution is -0.140. The third kappa shape index (κ3) is 3.84. The van der Waals surface area contributed by atoms with Crippen LogP contribution in [0.25, 0.3) is 10.9 Å². The fourth-order valence-electron chi connectivity index (χ4n) is 2.47. The summed E-state index contributed by atoms with van der Waals surface area (Å²) in [5.41, 5.74) is -1.96.